The quantitative estimate of drug-likeness (QED) is 0.675. The van der Waals surface area contributed by atoms with Crippen LogP contribution in [-0.4, -0.2) is 42.3 Å². The molecular weight excluding hydrogens is 346 g/mol. The van der Waals surface area contributed by atoms with E-state index < -0.39 is 0 Å². The summed E-state index contributed by atoms with van der Waals surface area (Å²) in [5.41, 5.74) is 4.10. The maximum Gasteiger partial charge on any atom is 0.118 e. The molecule has 0 unspecified atom stereocenters. The number of hydrogen-bond acceptors (Lipinski definition) is 3. The molecule has 1 aromatic heterocycles. The zero-order valence-electron chi connectivity index (χ0n) is 17.0. The van der Waals surface area contributed by atoms with Gasteiger partial charge in [-0.2, -0.15) is 0 Å². The number of piperidine rings is 1. The third-order valence-corrected chi connectivity index (χ3v) is 6.02. The van der Waals surface area contributed by atoms with Crippen molar-refractivity contribution in [2.24, 2.45) is 7.05 Å². The van der Waals surface area contributed by atoms with Gasteiger partial charge in [0.15, 0.2) is 0 Å². The van der Waals surface area contributed by atoms with E-state index in [1.54, 1.807) is 7.11 Å². The van der Waals surface area contributed by atoms with Crippen LogP contribution in [0.2, 0.25) is 0 Å². The van der Waals surface area contributed by atoms with Crippen LogP contribution >= 0.6 is 0 Å². The lowest BCUT2D eigenvalue weighted by Gasteiger charge is -2.32. The molecule has 1 aliphatic heterocycles. The van der Waals surface area contributed by atoms with E-state index in [9.17, 15) is 0 Å². The number of para-hydroxylation sites is 1. The van der Waals surface area contributed by atoms with Crippen molar-refractivity contribution in [2.75, 3.05) is 26.7 Å². The normalized spacial score (nSPS) is 15.9. The van der Waals surface area contributed by atoms with Crippen LogP contribution < -0.4 is 10.1 Å². The Morgan fingerprint density at radius 1 is 1.04 bits per heavy atom. The highest BCUT2D eigenvalue weighted by molar-refractivity contribution is 5.81. The van der Waals surface area contributed by atoms with Gasteiger partial charge in [-0.05, 0) is 61.1 Å². The second-order valence-corrected chi connectivity index (χ2v) is 7.86. The number of rotatable bonds is 7. The van der Waals surface area contributed by atoms with Crippen molar-refractivity contribution in [3.05, 3.63) is 65.9 Å². The van der Waals surface area contributed by atoms with E-state index in [-0.39, 0.29) is 0 Å². The highest BCUT2D eigenvalue weighted by atomic mass is 16.5. The molecule has 28 heavy (non-hydrogen) atoms. The summed E-state index contributed by atoms with van der Waals surface area (Å²) >= 11 is 0. The Bertz CT molecular complexity index is 892. The highest BCUT2D eigenvalue weighted by Gasteiger charge is 2.18. The minimum absolute atomic E-state index is 0.641. The number of likely N-dealkylation sites (tertiary alicyclic amines) is 1. The van der Waals surface area contributed by atoms with Crippen molar-refractivity contribution in [3.8, 4) is 5.75 Å². The number of nitrogens with one attached hydrogen (secondary N) is 1. The second kappa shape index (κ2) is 8.80. The second-order valence-electron chi connectivity index (χ2n) is 7.86. The molecule has 2 aromatic carbocycles. The Labute approximate surface area is 168 Å². The molecule has 4 nitrogen and oxygen atoms in total. The van der Waals surface area contributed by atoms with Crippen LogP contribution in [0.5, 0.6) is 5.75 Å². The van der Waals surface area contributed by atoms with Crippen LogP contribution in [0, 0.1) is 0 Å². The fourth-order valence-electron chi connectivity index (χ4n) is 4.27. The van der Waals surface area contributed by atoms with Gasteiger partial charge < -0.3 is 14.6 Å². The number of aryl methyl sites for hydroxylation is 1. The van der Waals surface area contributed by atoms with Gasteiger partial charge in [0, 0.05) is 43.8 Å². The van der Waals surface area contributed by atoms with Gasteiger partial charge in [0.2, 0.25) is 0 Å². The topological polar surface area (TPSA) is 29.4 Å². The van der Waals surface area contributed by atoms with Crippen molar-refractivity contribution >= 4 is 10.9 Å². The molecule has 0 spiro atoms. The largest absolute Gasteiger partial charge is 0.497 e. The predicted octanol–water partition coefficient (Wildman–Crippen LogP) is 3.98. The first-order valence-electron chi connectivity index (χ1n) is 10.3. The molecule has 1 N–H and O–H groups in total. The molecule has 1 aliphatic rings. The molecule has 0 radical (unpaired) electrons. The van der Waals surface area contributed by atoms with Gasteiger partial charge in [0.25, 0.3) is 0 Å². The molecule has 4 rings (SSSR count). The number of ether oxygens (including phenoxy) is 1. The number of nitrogens with zero attached hydrogens (tertiary/aromatic N) is 2. The van der Waals surface area contributed by atoms with Crippen molar-refractivity contribution in [1.29, 1.82) is 0 Å². The Balaban J connectivity index is 1.21. The van der Waals surface area contributed by atoms with E-state index in [2.05, 4.69) is 76.4 Å². The van der Waals surface area contributed by atoms with Crippen molar-refractivity contribution in [1.82, 2.24) is 14.8 Å². The fraction of sp³-hybridized carbons (Fsp3) is 0.417. The summed E-state index contributed by atoms with van der Waals surface area (Å²) in [7, 11) is 3.89. The third-order valence-electron chi connectivity index (χ3n) is 6.02. The van der Waals surface area contributed by atoms with Gasteiger partial charge in [-0.15, -0.1) is 0 Å². The molecule has 3 aromatic rings. The van der Waals surface area contributed by atoms with Gasteiger partial charge in [-0.1, -0.05) is 30.3 Å². The minimum Gasteiger partial charge on any atom is -0.497 e. The van der Waals surface area contributed by atoms with Crippen LogP contribution in [0.25, 0.3) is 10.9 Å². The molecule has 2 heterocycles. The lowest BCUT2D eigenvalue weighted by Crippen LogP contribution is -2.42. The summed E-state index contributed by atoms with van der Waals surface area (Å²) in [4.78, 5) is 2.56. The first-order valence-corrected chi connectivity index (χ1v) is 10.3. The number of aromatic nitrogens is 1. The van der Waals surface area contributed by atoms with Crippen LogP contribution in [0.4, 0.5) is 0 Å². The predicted molar refractivity (Wildman–Crippen MR) is 116 cm³/mol. The monoisotopic (exact) mass is 377 g/mol. The minimum atomic E-state index is 0.641. The Morgan fingerprint density at radius 2 is 1.79 bits per heavy atom. The zero-order valence-corrected chi connectivity index (χ0v) is 17.0. The third kappa shape index (κ3) is 4.40. The zero-order chi connectivity index (χ0) is 19.3. The van der Waals surface area contributed by atoms with E-state index >= 15 is 0 Å². The van der Waals surface area contributed by atoms with Crippen LogP contribution in [0.3, 0.4) is 0 Å². The standard InChI is InChI=1S/C24H31N3O/c1-26-22(17-20-5-3-4-6-24(20)26)11-14-25-21-12-15-27(16-13-21)18-19-7-9-23(28-2)10-8-19/h3-10,17,21,25H,11-16,18H2,1-2H3. The Kier molecular flexibility index (Phi) is 5.98. The van der Waals surface area contributed by atoms with Crippen LogP contribution in [0.1, 0.15) is 24.1 Å². The van der Waals surface area contributed by atoms with E-state index in [1.165, 1.54) is 35.0 Å². The smallest absolute Gasteiger partial charge is 0.118 e. The molecule has 0 amide bonds. The van der Waals surface area contributed by atoms with Gasteiger partial charge in [-0.3, -0.25) is 4.90 Å². The van der Waals surface area contributed by atoms with Gasteiger partial charge in [0.1, 0.15) is 5.75 Å². The Hall–Kier alpha value is -2.30. The maximum atomic E-state index is 5.24. The van der Waals surface area contributed by atoms with Crippen molar-refractivity contribution in [2.45, 2.75) is 31.8 Å². The van der Waals surface area contributed by atoms with Crippen molar-refractivity contribution < 1.29 is 4.74 Å². The number of benzene rings is 2. The summed E-state index contributed by atoms with van der Waals surface area (Å²) in [6.07, 6.45) is 3.54. The van der Waals surface area contributed by atoms with Gasteiger partial charge in [-0.25, -0.2) is 0 Å². The number of hydrogen-bond donors (Lipinski definition) is 1. The van der Waals surface area contributed by atoms with Crippen molar-refractivity contribution in [3.63, 3.8) is 0 Å². The summed E-state index contributed by atoms with van der Waals surface area (Å²) < 4.78 is 7.57. The summed E-state index contributed by atoms with van der Waals surface area (Å²) in [6.45, 7) is 4.41. The molecule has 0 saturated carbocycles. The molecule has 4 heteroatoms. The average Bonchev–Trinajstić information content (AvgIpc) is 3.06. The number of methoxy groups -OCH3 is 1. The summed E-state index contributed by atoms with van der Waals surface area (Å²) in [5, 5.41) is 5.12. The van der Waals surface area contributed by atoms with E-state index in [4.69, 9.17) is 4.74 Å². The molecule has 0 aliphatic carbocycles. The Morgan fingerprint density at radius 3 is 2.50 bits per heavy atom. The van der Waals surface area contributed by atoms with E-state index in [0.717, 1.165) is 38.3 Å². The molecular formula is C24H31N3O. The highest BCUT2D eigenvalue weighted by Crippen LogP contribution is 2.19. The summed E-state index contributed by atoms with van der Waals surface area (Å²) in [6, 6.07) is 20.0. The summed E-state index contributed by atoms with van der Waals surface area (Å²) in [5.74, 6) is 0.928. The maximum absolute atomic E-state index is 5.24. The van der Waals surface area contributed by atoms with E-state index in [1.807, 2.05) is 0 Å². The number of fused-ring (bicyclic) bond motifs is 1. The first kappa shape index (κ1) is 19.0. The van der Waals surface area contributed by atoms with Crippen LogP contribution in [0.15, 0.2) is 54.6 Å². The first-order chi connectivity index (χ1) is 13.7. The van der Waals surface area contributed by atoms with Gasteiger partial charge in [0.05, 0.1) is 7.11 Å². The molecule has 1 saturated heterocycles. The average molecular weight is 378 g/mol. The van der Waals surface area contributed by atoms with E-state index in [0.29, 0.717) is 6.04 Å². The molecule has 0 atom stereocenters. The molecule has 1 fully saturated rings. The molecule has 0 bridgehead atoms. The lowest BCUT2D eigenvalue weighted by molar-refractivity contribution is 0.191. The SMILES string of the molecule is COc1ccc(CN2CCC(NCCc3cc4ccccc4n3C)CC2)cc1. The fourth-order valence-corrected chi connectivity index (χ4v) is 4.27. The lowest BCUT2D eigenvalue weighted by atomic mass is 10.0. The molecule has 148 valence electrons. The van der Waals surface area contributed by atoms with Crippen LogP contribution in [-0.2, 0) is 20.0 Å². The van der Waals surface area contributed by atoms with Gasteiger partial charge >= 0.3 is 0 Å².